The van der Waals surface area contributed by atoms with E-state index in [0.29, 0.717) is 6.04 Å². The second-order valence-electron chi connectivity index (χ2n) is 5.27. The van der Waals surface area contributed by atoms with Gasteiger partial charge in [0, 0.05) is 11.4 Å². The first-order valence-electron chi connectivity index (χ1n) is 7.01. The highest BCUT2D eigenvalue weighted by atomic mass is 32.2. The Hall–Kier alpha value is -1.74. The van der Waals surface area contributed by atoms with Crippen LogP contribution in [-0.2, 0) is 0 Å². The minimum atomic E-state index is 0.415. The number of hydrogen-bond donors (Lipinski definition) is 0. The molecule has 0 N–H and O–H groups in total. The lowest BCUT2D eigenvalue weighted by atomic mass is 10.00. The molecule has 2 aromatic rings. The Balaban J connectivity index is 1.85. The minimum absolute atomic E-state index is 0.415. The number of para-hydroxylation sites is 1. The van der Waals surface area contributed by atoms with E-state index in [4.69, 9.17) is 4.99 Å². The first-order valence-corrected chi connectivity index (χ1v) is 7.82. The van der Waals surface area contributed by atoms with Gasteiger partial charge in [-0.05, 0) is 42.3 Å². The molecule has 0 saturated heterocycles. The van der Waals surface area contributed by atoms with E-state index in [2.05, 4.69) is 60.4 Å². The fourth-order valence-electron chi connectivity index (χ4n) is 3.07. The monoisotopic (exact) mass is 280 g/mol. The summed E-state index contributed by atoms with van der Waals surface area (Å²) >= 11 is 1.81. The lowest BCUT2D eigenvalue weighted by Gasteiger charge is -2.33. The summed E-state index contributed by atoms with van der Waals surface area (Å²) in [6, 6.07) is 17.7. The topological polar surface area (TPSA) is 15.6 Å². The molecule has 0 aliphatic carbocycles. The van der Waals surface area contributed by atoms with Crippen LogP contribution in [0.25, 0.3) is 0 Å². The third-order valence-electron chi connectivity index (χ3n) is 3.99. The molecule has 0 spiro atoms. The van der Waals surface area contributed by atoms with E-state index in [0.717, 1.165) is 18.1 Å². The highest BCUT2D eigenvalue weighted by molar-refractivity contribution is 8.14. The maximum atomic E-state index is 4.73. The molecular formula is C17H16N2S. The van der Waals surface area contributed by atoms with Gasteiger partial charge in [0.05, 0.1) is 11.7 Å². The Morgan fingerprint density at radius 3 is 2.80 bits per heavy atom. The van der Waals surface area contributed by atoms with Crippen molar-refractivity contribution >= 4 is 22.6 Å². The number of anilines is 1. The number of thioether (sulfide) groups is 1. The molecule has 2 aliphatic rings. The van der Waals surface area contributed by atoms with Crippen molar-refractivity contribution in [1.29, 1.82) is 0 Å². The molecule has 1 atom stereocenters. The summed E-state index contributed by atoms with van der Waals surface area (Å²) in [5, 5.41) is 1.16. The fraction of sp³-hybridized carbons (Fsp3) is 0.235. The first-order chi connectivity index (χ1) is 9.84. The van der Waals surface area contributed by atoms with Crippen LogP contribution in [0.2, 0.25) is 0 Å². The molecular weight excluding hydrogens is 264 g/mol. The van der Waals surface area contributed by atoms with Crippen LogP contribution in [0.5, 0.6) is 0 Å². The molecule has 3 heteroatoms. The number of amidine groups is 1. The highest BCUT2D eigenvalue weighted by Gasteiger charge is 2.36. The molecule has 0 aromatic heterocycles. The summed E-state index contributed by atoms with van der Waals surface area (Å²) < 4.78 is 0. The van der Waals surface area contributed by atoms with Crippen LogP contribution in [0.4, 0.5) is 5.69 Å². The van der Waals surface area contributed by atoms with Crippen LogP contribution in [-0.4, -0.2) is 11.7 Å². The van der Waals surface area contributed by atoms with Crippen molar-refractivity contribution in [2.75, 3.05) is 11.4 Å². The van der Waals surface area contributed by atoms with Gasteiger partial charge < -0.3 is 4.90 Å². The van der Waals surface area contributed by atoms with Gasteiger partial charge in [0.25, 0.3) is 0 Å². The molecule has 2 nitrogen and oxygen atoms in total. The molecule has 20 heavy (non-hydrogen) atoms. The van der Waals surface area contributed by atoms with Gasteiger partial charge in [-0.25, -0.2) is 0 Å². The van der Waals surface area contributed by atoms with Gasteiger partial charge in [0.15, 0.2) is 5.17 Å². The number of fused-ring (bicyclic) bond motifs is 3. The van der Waals surface area contributed by atoms with Gasteiger partial charge in [-0.15, -0.1) is 0 Å². The Bertz CT molecular complexity index is 679. The summed E-state index contributed by atoms with van der Waals surface area (Å²) in [4.78, 5) is 8.51. The molecule has 4 rings (SSSR count). The zero-order chi connectivity index (χ0) is 13.5. The molecule has 2 aliphatic heterocycles. The van der Waals surface area contributed by atoms with Gasteiger partial charge in [-0.2, -0.15) is 0 Å². The van der Waals surface area contributed by atoms with E-state index in [1.54, 1.807) is 0 Å². The normalized spacial score (nSPS) is 20.4. The van der Waals surface area contributed by atoms with E-state index in [1.165, 1.54) is 21.7 Å². The molecule has 2 heterocycles. The number of nitrogens with zero attached hydrogens (tertiary/aromatic N) is 2. The molecule has 0 saturated carbocycles. The quantitative estimate of drug-likeness (QED) is 0.769. The number of aliphatic imine (C=N–C) groups is 1. The molecule has 0 amide bonds. The van der Waals surface area contributed by atoms with Crippen LogP contribution in [0.1, 0.15) is 23.6 Å². The van der Waals surface area contributed by atoms with Crippen molar-refractivity contribution in [3.63, 3.8) is 0 Å². The van der Waals surface area contributed by atoms with Crippen molar-refractivity contribution < 1.29 is 0 Å². The van der Waals surface area contributed by atoms with Crippen molar-refractivity contribution in [1.82, 2.24) is 0 Å². The third-order valence-corrected chi connectivity index (χ3v) is 5.05. The van der Waals surface area contributed by atoms with Crippen molar-refractivity contribution in [3.05, 3.63) is 59.7 Å². The number of rotatable bonds is 1. The highest BCUT2D eigenvalue weighted by Crippen LogP contribution is 2.48. The second kappa shape index (κ2) is 4.67. The SMILES string of the molecule is Cc1cccc2c1N1C(=NCC[C@@H]1c1ccccc1)S2. The maximum Gasteiger partial charge on any atom is 0.169 e. The van der Waals surface area contributed by atoms with Gasteiger partial charge in [-0.3, -0.25) is 4.99 Å². The van der Waals surface area contributed by atoms with Crippen molar-refractivity contribution in [2.24, 2.45) is 4.99 Å². The van der Waals surface area contributed by atoms with Gasteiger partial charge in [-0.1, -0.05) is 42.5 Å². The number of hydrogen-bond acceptors (Lipinski definition) is 3. The van der Waals surface area contributed by atoms with Gasteiger partial charge >= 0.3 is 0 Å². The van der Waals surface area contributed by atoms with Crippen LogP contribution in [0.15, 0.2) is 58.4 Å². The average molecular weight is 280 g/mol. The Morgan fingerprint density at radius 1 is 1.10 bits per heavy atom. The van der Waals surface area contributed by atoms with Crippen molar-refractivity contribution in [2.45, 2.75) is 24.3 Å². The Morgan fingerprint density at radius 2 is 1.95 bits per heavy atom. The molecule has 2 aromatic carbocycles. The van der Waals surface area contributed by atoms with Crippen LogP contribution in [0, 0.1) is 6.92 Å². The van der Waals surface area contributed by atoms with E-state index < -0.39 is 0 Å². The van der Waals surface area contributed by atoms with Crippen LogP contribution >= 0.6 is 11.8 Å². The maximum absolute atomic E-state index is 4.73. The smallest absolute Gasteiger partial charge is 0.169 e. The Kier molecular flexibility index (Phi) is 2.81. The fourth-order valence-corrected chi connectivity index (χ4v) is 4.24. The van der Waals surface area contributed by atoms with Gasteiger partial charge in [0.2, 0.25) is 0 Å². The standard InChI is InChI=1S/C17H16N2S/c1-12-6-5-9-15-16(12)19-14(10-11-18-17(19)20-15)13-7-3-2-4-8-13/h2-9,14H,10-11H2,1H3/t14-/m1/s1. The molecule has 100 valence electrons. The molecule has 0 bridgehead atoms. The third kappa shape index (κ3) is 1.77. The van der Waals surface area contributed by atoms with E-state index in [9.17, 15) is 0 Å². The van der Waals surface area contributed by atoms with Crippen molar-refractivity contribution in [3.8, 4) is 0 Å². The second-order valence-corrected chi connectivity index (χ2v) is 6.28. The van der Waals surface area contributed by atoms with E-state index >= 15 is 0 Å². The van der Waals surface area contributed by atoms with E-state index in [1.807, 2.05) is 11.8 Å². The number of aryl methyl sites for hydroxylation is 1. The molecule has 0 fully saturated rings. The predicted octanol–water partition coefficient (Wildman–Crippen LogP) is 4.41. The average Bonchev–Trinajstić information content (AvgIpc) is 2.88. The summed E-state index contributed by atoms with van der Waals surface area (Å²) in [5.41, 5.74) is 4.07. The van der Waals surface area contributed by atoms with Gasteiger partial charge in [0.1, 0.15) is 0 Å². The molecule has 0 radical (unpaired) electrons. The Labute approximate surface area is 123 Å². The molecule has 0 unspecified atom stereocenters. The summed E-state index contributed by atoms with van der Waals surface area (Å²) in [6.45, 7) is 3.12. The van der Waals surface area contributed by atoms with Crippen LogP contribution in [0.3, 0.4) is 0 Å². The summed E-state index contributed by atoms with van der Waals surface area (Å²) in [7, 11) is 0. The minimum Gasteiger partial charge on any atom is -0.312 e. The lowest BCUT2D eigenvalue weighted by Crippen LogP contribution is -2.34. The van der Waals surface area contributed by atoms with Crippen LogP contribution < -0.4 is 4.90 Å². The lowest BCUT2D eigenvalue weighted by molar-refractivity contribution is 0.630. The zero-order valence-electron chi connectivity index (χ0n) is 11.4. The zero-order valence-corrected chi connectivity index (χ0v) is 12.2. The first kappa shape index (κ1) is 12.0. The number of benzene rings is 2. The largest absolute Gasteiger partial charge is 0.312 e. The summed E-state index contributed by atoms with van der Waals surface area (Å²) in [5.74, 6) is 0. The predicted molar refractivity (Wildman–Crippen MR) is 85.6 cm³/mol. The van der Waals surface area contributed by atoms with E-state index in [-0.39, 0.29) is 0 Å². The summed E-state index contributed by atoms with van der Waals surface area (Å²) in [6.07, 6.45) is 1.09.